The standard InChI is InChI=1S/C19H17ClN8S/c1-11(29-19-25-16(27-28-19)12-7-9-13(20)10-8-12)15-23-17(21)26-18(24-15)22-14-5-3-2-4-6-14/h2-11H,1H3,(H,25,27,28)(H3,21,22,23,24,26). The van der Waals surface area contributed by atoms with Crippen LogP contribution in [0, 0.1) is 0 Å². The summed E-state index contributed by atoms with van der Waals surface area (Å²) in [7, 11) is 0. The van der Waals surface area contributed by atoms with E-state index in [4.69, 9.17) is 17.3 Å². The predicted octanol–water partition coefficient (Wildman–Crippen LogP) is 4.49. The number of halogens is 1. The molecule has 10 heteroatoms. The van der Waals surface area contributed by atoms with Gasteiger partial charge >= 0.3 is 0 Å². The zero-order valence-electron chi connectivity index (χ0n) is 15.4. The Morgan fingerprint density at radius 1 is 1.00 bits per heavy atom. The summed E-state index contributed by atoms with van der Waals surface area (Å²) in [4.78, 5) is 17.4. The molecule has 0 aliphatic heterocycles. The van der Waals surface area contributed by atoms with E-state index in [1.54, 1.807) is 0 Å². The highest BCUT2D eigenvalue weighted by molar-refractivity contribution is 7.99. The molecule has 0 aliphatic carbocycles. The summed E-state index contributed by atoms with van der Waals surface area (Å²) in [6.45, 7) is 1.96. The molecule has 2 heterocycles. The second-order valence-corrected chi connectivity index (χ2v) is 7.84. The van der Waals surface area contributed by atoms with Gasteiger partial charge < -0.3 is 11.1 Å². The average Bonchev–Trinajstić information content (AvgIpc) is 3.17. The van der Waals surface area contributed by atoms with Gasteiger partial charge in [-0.1, -0.05) is 41.6 Å². The highest BCUT2D eigenvalue weighted by Crippen LogP contribution is 2.32. The highest BCUT2D eigenvalue weighted by atomic mass is 35.5. The molecule has 0 saturated carbocycles. The van der Waals surface area contributed by atoms with E-state index in [1.165, 1.54) is 11.8 Å². The van der Waals surface area contributed by atoms with E-state index in [9.17, 15) is 0 Å². The van der Waals surface area contributed by atoms with Crippen LogP contribution in [0.1, 0.15) is 18.0 Å². The van der Waals surface area contributed by atoms with E-state index < -0.39 is 0 Å². The summed E-state index contributed by atoms with van der Waals surface area (Å²) in [5.41, 5.74) is 7.65. The monoisotopic (exact) mass is 424 g/mol. The highest BCUT2D eigenvalue weighted by Gasteiger charge is 2.17. The average molecular weight is 425 g/mol. The summed E-state index contributed by atoms with van der Waals surface area (Å²) in [5, 5.41) is 11.5. The van der Waals surface area contributed by atoms with Gasteiger partial charge in [-0.25, -0.2) is 4.98 Å². The van der Waals surface area contributed by atoms with Crippen LogP contribution >= 0.6 is 23.4 Å². The van der Waals surface area contributed by atoms with Crippen molar-refractivity contribution >= 4 is 40.9 Å². The molecule has 2 aromatic heterocycles. The Kier molecular flexibility index (Phi) is 5.59. The Balaban J connectivity index is 1.50. The summed E-state index contributed by atoms with van der Waals surface area (Å²) in [6, 6.07) is 17.0. The largest absolute Gasteiger partial charge is 0.368 e. The first-order valence-electron chi connectivity index (χ1n) is 8.75. The lowest BCUT2D eigenvalue weighted by molar-refractivity contribution is 0.884. The van der Waals surface area contributed by atoms with Crippen LogP contribution in [0.15, 0.2) is 59.8 Å². The molecule has 0 saturated heterocycles. The molecule has 2 aromatic carbocycles. The van der Waals surface area contributed by atoms with Gasteiger partial charge in [-0.05, 0) is 43.3 Å². The number of nitrogens with one attached hydrogen (secondary N) is 2. The maximum Gasteiger partial charge on any atom is 0.232 e. The number of hydrogen-bond acceptors (Lipinski definition) is 8. The van der Waals surface area contributed by atoms with Crippen molar-refractivity contribution in [1.29, 1.82) is 0 Å². The van der Waals surface area contributed by atoms with Crippen molar-refractivity contribution in [3.8, 4) is 11.4 Å². The van der Waals surface area contributed by atoms with Crippen LogP contribution in [0.3, 0.4) is 0 Å². The number of benzene rings is 2. The number of hydrogen-bond donors (Lipinski definition) is 3. The quantitative estimate of drug-likeness (QED) is 0.387. The minimum absolute atomic E-state index is 0.134. The first kappa shape index (κ1) is 19.2. The third-order valence-corrected chi connectivity index (χ3v) is 5.14. The van der Waals surface area contributed by atoms with Crippen molar-refractivity contribution in [2.24, 2.45) is 0 Å². The van der Waals surface area contributed by atoms with Gasteiger partial charge in [0, 0.05) is 16.3 Å². The van der Waals surface area contributed by atoms with Crippen LogP contribution in [0.2, 0.25) is 5.02 Å². The van der Waals surface area contributed by atoms with Gasteiger partial charge in [-0.2, -0.15) is 15.0 Å². The number of thioether (sulfide) groups is 1. The van der Waals surface area contributed by atoms with Gasteiger partial charge in [0.25, 0.3) is 0 Å². The molecule has 146 valence electrons. The number of anilines is 3. The summed E-state index contributed by atoms with van der Waals surface area (Å²) in [6.07, 6.45) is 0. The van der Waals surface area contributed by atoms with Gasteiger partial charge in [0.2, 0.25) is 17.1 Å². The maximum absolute atomic E-state index is 5.93. The fourth-order valence-electron chi connectivity index (χ4n) is 2.54. The number of nitrogen functional groups attached to an aromatic ring is 1. The first-order chi connectivity index (χ1) is 14.1. The Morgan fingerprint density at radius 3 is 2.52 bits per heavy atom. The summed E-state index contributed by atoms with van der Waals surface area (Å²) in [5.74, 6) is 1.75. The zero-order chi connectivity index (χ0) is 20.2. The van der Waals surface area contributed by atoms with Gasteiger partial charge in [-0.15, -0.1) is 5.10 Å². The molecule has 0 fully saturated rings. The number of para-hydroxylation sites is 1. The molecular formula is C19H17ClN8S. The minimum Gasteiger partial charge on any atom is -0.368 e. The van der Waals surface area contributed by atoms with Crippen molar-refractivity contribution in [1.82, 2.24) is 30.1 Å². The number of aromatic nitrogens is 6. The minimum atomic E-state index is -0.134. The lowest BCUT2D eigenvalue weighted by Crippen LogP contribution is -2.08. The van der Waals surface area contributed by atoms with Gasteiger partial charge in [-0.3, -0.25) is 5.10 Å². The number of nitrogens with zero attached hydrogens (tertiary/aromatic N) is 5. The van der Waals surface area contributed by atoms with Crippen LogP contribution in [0.25, 0.3) is 11.4 Å². The van der Waals surface area contributed by atoms with E-state index in [0.717, 1.165) is 11.3 Å². The SMILES string of the molecule is CC(Sc1n[nH]c(-c2ccc(Cl)cc2)n1)c1nc(N)nc(Nc2ccccc2)n1. The Bertz CT molecular complexity index is 1100. The topological polar surface area (TPSA) is 118 Å². The number of nitrogens with two attached hydrogens (primary N) is 1. The van der Waals surface area contributed by atoms with E-state index >= 15 is 0 Å². The second kappa shape index (κ2) is 8.46. The van der Waals surface area contributed by atoms with Gasteiger partial charge in [0.05, 0.1) is 5.25 Å². The van der Waals surface area contributed by atoms with Crippen molar-refractivity contribution in [3.63, 3.8) is 0 Å². The molecule has 0 spiro atoms. The molecule has 0 radical (unpaired) electrons. The first-order valence-corrected chi connectivity index (χ1v) is 10.0. The molecule has 0 bridgehead atoms. The van der Waals surface area contributed by atoms with E-state index in [1.807, 2.05) is 61.5 Å². The predicted molar refractivity (Wildman–Crippen MR) is 115 cm³/mol. The molecule has 4 aromatic rings. The van der Waals surface area contributed by atoms with Crippen LogP contribution in [0.5, 0.6) is 0 Å². The van der Waals surface area contributed by atoms with Crippen molar-refractivity contribution in [2.75, 3.05) is 11.1 Å². The fraction of sp³-hybridized carbons (Fsp3) is 0.105. The van der Waals surface area contributed by atoms with Crippen LogP contribution in [0.4, 0.5) is 17.6 Å². The number of aromatic amines is 1. The molecule has 1 atom stereocenters. The lowest BCUT2D eigenvalue weighted by atomic mass is 10.2. The van der Waals surface area contributed by atoms with Crippen molar-refractivity contribution in [3.05, 3.63) is 65.4 Å². The number of rotatable bonds is 6. The van der Waals surface area contributed by atoms with E-state index in [2.05, 4.69) is 35.5 Å². The molecule has 0 amide bonds. The van der Waals surface area contributed by atoms with E-state index in [0.29, 0.717) is 27.8 Å². The third-order valence-electron chi connectivity index (χ3n) is 3.93. The molecule has 1 unspecified atom stereocenters. The summed E-state index contributed by atoms with van der Waals surface area (Å²) >= 11 is 7.36. The Hall–Kier alpha value is -3.17. The van der Waals surface area contributed by atoms with Crippen LogP contribution in [-0.4, -0.2) is 30.1 Å². The smallest absolute Gasteiger partial charge is 0.232 e. The molecule has 0 aliphatic rings. The zero-order valence-corrected chi connectivity index (χ0v) is 16.9. The molecular weight excluding hydrogens is 408 g/mol. The third kappa shape index (κ3) is 4.82. The molecule has 4 rings (SSSR count). The molecule has 29 heavy (non-hydrogen) atoms. The molecule has 4 N–H and O–H groups in total. The lowest BCUT2D eigenvalue weighted by Gasteiger charge is -2.10. The van der Waals surface area contributed by atoms with E-state index in [-0.39, 0.29) is 11.2 Å². The second-order valence-electron chi connectivity index (χ2n) is 6.10. The normalized spacial score (nSPS) is 11.9. The summed E-state index contributed by atoms with van der Waals surface area (Å²) < 4.78 is 0. The Morgan fingerprint density at radius 2 is 1.76 bits per heavy atom. The van der Waals surface area contributed by atoms with Gasteiger partial charge in [0.15, 0.2) is 5.82 Å². The number of H-pyrrole nitrogens is 1. The maximum atomic E-state index is 5.93. The molecule has 8 nitrogen and oxygen atoms in total. The van der Waals surface area contributed by atoms with Crippen molar-refractivity contribution in [2.45, 2.75) is 17.3 Å². The van der Waals surface area contributed by atoms with Crippen LogP contribution in [-0.2, 0) is 0 Å². The van der Waals surface area contributed by atoms with Crippen LogP contribution < -0.4 is 11.1 Å². The Labute approximate surface area is 176 Å². The van der Waals surface area contributed by atoms with Gasteiger partial charge in [0.1, 0.15) is 5.82 Å². The fourth-order valence-corrected chi connectivity index (χ4v) is 3.44. The van der Waals surface area contributed by atoms with Crippen molar-refractivity contribution < 1.29 is 0 Å².